The summed E-state index contributed by atoms with van der Waals surface area (Å²) < 4.78 is 10.9. The van der Waals surface area contributed by atoms with Crippen molar-refractivity contribution in [2.45, 2.75) is 31.5 Å². The monoisotopic (exact) mass is 352 g/mol. The third-order valence-electron chi connectivity index (χ3n) is 5.44. The van der Waals surface area contributed by atoms with Gasteiger partial charge in [-0.1, -0.05) is 36.4 Å². The first-order valence-corrected chi connectivity index (χ1v) is 9.17. The third kappa shape index (κ3) is 3.50. The van der Waals surface area contributed by atoms with Crippen LogP contribution in [0.25, 0.3) is 0 Å². The Morgan fingerprint density at radius 1 is 1.12 bits per heavy atom. The molecule has 0 radical (unpaired) electrons. The average Bonchev–Trinajstić information content (AvgIpc) is 2.68. The van der Waals surface area contributed by atoms with E-state index in [4.69, 9.17) is 9.47 Å². The molecule has 2 unspecified atom stereocenters. The number of ether oxygens (including phenoxy) is 2. The Kier molecular flexibility index (Phi) is 5.00. The lowest BCUT2D eigenvalue weighted by molar-refractivity contribution is -0.0873. The molecule has 136 valence electrons. The number of methoxy groups -OCH3 is 1. The Hall–Kier alpha value is -2.24. The molecular weight excluding hydrogens is 328 g/mol. The van der Waals surface area contributed by atoms with E-state index in [-0.39, 0.29) is 23.8 Å². The Morgan fingerprint density at radius 3 is 2.54 bits per heavy atom. The van der Waals surface area contributed by atoms with Gasteiger partial charge >= 0.3 is 0 Å². The number of ketones is 1. The number of carbonyl (C=O) groups is 1. The molecule has 0 aliphatic carbocycles. The second-order valence-corrected chi connectivity index (χ2v) is 7.10. The van der Waals surface area contributed by atoms with Crippen molar-refractivity contribution in [1.82, 2.24) is 9.88 Å². The lowest BCUT2D eigenvalue weighted by Crippen LogP contribution is -2.57. The molecule has 2 bridgehead atoms. The predicted molar refractivity (Wildman–Crippen MR) is 98.2 cm³/mol. The van der Waals surface area contributed by atoms with E-state index in [9.17, 15) is 4.79 Å². The minimum atomic E-state index is 0.000490. The van der Waals surface area contributed by atoms with Gasteiger partial charge < -0.3 is 9.47 Å². The van der Waals surface area contributed by atoms with Gasteiger partial charge in [-0.25, -0.2) is 4.98 Å². The minimum Gasteiger partial charge on any atom is -0.481 e. The molecule has 4 rings (SSSR count). The van der Waals surface area contributed by atoms with Crippen molar-refractivity contribution in [1.29, 1.82) is 0 Å². The molecule has 26 heavy (non-hydrogen) atoms. The fourth-order valence-corrected chi connectivity index (χ4v) is 4.13. The van der Waals surface area contributed by atoms with E-state index in [1.54, 1.807) is 19.2 Å². The number of benzene rings is 1. The summed E-state index contributed by atoms with van der Waals surface area (Å²) in [5.74, 6) is 0.613. The largest absolute Gasteiger partial charge is 0.481 e. The summed E-state index contributed by atoms with van der Waals surface area (Å²) in [4.78, 5) is 19.8. The molecule has 2 aromatic rings. The highest BCUT2D eigenvalue weighted by molar-refractivity contribution is 5.96. The van der Waals surface area contributed by atoms with Gasteiger partial charge in [0.1, 0.15) is 5.69 Å². The number of fused-ring (bicyclic) bond motifs is 2. The number of pyridine rings is 1. The SMILES string of the molecule is COc1cccc(C(=O)C2CC3COCC(C2)N3Cc2ccccc2)n1. The van der Waals surface area contributed by atoms with Crippen LogP contribution in [0.5, 0.6) is 5.88 Å². The first-order chi connectivity index (χ1) is 12.7. The lowest BCUT2D eigenvalue weighted by Gasteiger charge is -2.48. The van der Waals surface area contributed by atoms with Gasteiger partial charge in [-0.15, -0.1) is 0 Å². The molecule has 0 saturated carbocycles. The van der Waals surface area contributed by atoms with E-state index in [0.29, 0.717) is 24.8 Å². The summed E-state index contributed by atoms with van der Waals surface area (Å²) in [5, 5.41) is 0. The van der Waals surface area contributed by atoms with Crippen molar-refractivity contribution >= 4 is 5.78 Å². The van der Waals surface area contributed by atoms with Crippen LogP contribution in [0.1, 0.15) is 28.9 Å². The van der Waals surface area contributed by atoms with Crippen LogP contribution in [0.4, 0.5) is 0 Å². The van der Waals surface area contributed by atoms with Crippen LogP contribution in [-0.2, 0) is 11.3 Å². The van der Waals surface area contributed by atoms with Crippen LogP contribution in [0.3, 0.4) is 0 Å². The lowest BCUT2D eigenvalue weighted by atomic mass is 9.81. The van der Waals surface area contributed by atoms with Gasteiger partial charge in [0.25, 0.3) is 0 Å². The minimum absolute atomic E-state index is 0.000490. The van der Waals surface area contributed by atoms with Crippen molar-refractivity contribution in [3.8, 4) is 5.88 Å². The molecular formula is C21H24N2O3. The van der Waals surface area contributed by atoms with Crippen molar-refractivity contribution in [2.24, 2.45) is 5.92 Å². The van der Waals surface area contributed by atoms with Gasteiger partial charge in [-0.2, -0.15) is 0 Å². The summed E-state index contributed by atoms with van der Waals surface area (Å²) in [7, 11) is 1.57. The molecule has 2 aliphatic rings. The quantitative estimate of drug-likeness (QED) is 0.775. The summed E-state index contributed by atoms with van der Waals surface area (Å²) in [6.07, 6.45) is 1.64. The molecule has 0 amide bonds. The van der Waals surface area contributed by atoms with Gasteiger partial charge in [0, 0.05) is 30.6 Å². The van der Waals surface area contributed by atoms with E-state index in [0.717, 1.165) is 19.4 Å². The Labute approximate surface area is 153 Å². The van der Waals surface area contributed by atoms with Crippen LogP contribution in [0.2, 0.25) is 0 Å². The normalized spacial score (nSPS) is 25.7. The van der Waals surface area contributed by atoms with Crippen molar-refractivity contribution in [2.75, 3.05) is 20.3 Å². The van der Waals surface area contributed by atoms with Crippen LogP contribution in [0, 0.1) is 5.92 Å². The number of aromatic nitrogens is 1. The molecule has 2 atom stereocenters. The van der Waals surface area contributed by atoms with Crippen molar-refractivity contribution < 1.29 is 14.3 Å². The summed E-state index contributed by atoms with van der Waals surface area (Å²) in [5.41, 5.74) is 1.81. The second-order valence-electron chi connectivity index (χ2n) is 7.10. The van der Waals surface area contributed by atoms with Crippen LogP contribution in [-0.4, -0.2) is 48.1 Å². The molecule has 3 heterocycles. The highest BCUT2D eigenvalue weighted by Gasteiger charge is 2.41. The fraction of sp³-hybridized carbons (Fsp3) is 0.429. The molecule has 2 aliphatic heterocycles. The first-order valence-electron chi connectivity index (χ1n) is 9.17. The Bertz CT molecular complexity index is 751. The smallest absolute Gasteiger partial charge is 0.213 e. The number of morpholine rings is 1. The van der Waals surface area contributed by atoms with Gasteiger partial charge in [-0.3, -0.25) is 9.69 Å². The maximum absolute atomic E-state index is 13.0. The zero-order valence-corrected chi connectivity index (χ0v) is 15.0. The predicted octanol–water partition coefficient (Wildman–Crippen LogP) is 2.95. The number of nitrogens with zero attached hydrogens (tertiary/aromatic N) is 2. The summed E-state index contributed by atoms with van der Waals surface area (Å²) in [6.45, 7) is 2.30. The molecule has 2 saturated heterocycles. The van der Waals surface area contributed by atoms with E-state index in [2.05, 4.69) is 34.1 Å². The summed E-state index contributed by atoms with van der Waals surface area (Å²) >= 11 is 0. The van der Waals surface area contributed by atoms with Crippen molar-refractivity contribution in [3.63, 3.8) is 0 Å². The number of hydrogen-bond donors (Lipinski definition) is 0. The van der Waals surface area contributed by atoms with E-state index in [1.165, 1.54) is 5.56 Å². The molecule has 5 heteroatoms. The number of piperidine rings is 1. The number of rotatable bonds is 5. The zero-order valence-electron chi connectivity index (χ0n) is 15.0. The number of carbonyl (C=O) groups excluding carboxylic acids is 1. The van der Waals surface area contributed by atoms with E-state index in [1.807, 2.05) is 12.1 Å². The van der Waals surface area contributed by atoms with E-state index >= 15 is 0 Å². The van der Waals surface area contributed by atoms with Crippen LogP contribution >= 0.6 is 0 Å². The Balaban J connectivity index is 1.49. The van der Waals surface area contributed by atoms with Crippen LogP contribution in [0.15, 0.2) is 48.5 Å². The first kappa shape index (κ1) is 17.2. The topological polar surface area (TPSA) is 51.7 Å². The highest BCUT2D eigenvalue weighted by atomic mass is 16.5. The zero-order chi connectivity index (χ0) is 17.9. The molecule has 5 nitrogen and oxygen atoms in total. The maximum Gasteiger partial charge on any atom is 0.213 e. The highest BCUT2D eigenvalue weighted by Crippen LogP contribution is 2.34. The third-order valence-corrected chi connectivity index (χ3v) is 5.44. The molecule has 1 aromatic carbocycles. The average molecular weight is 352 g/mol. The molecule has 0 N–H and O–H groups in total. The van der Waals surface area contributed by atoms with Gasteiger partial charge in [0.15, 0.2) is 5.78 Å². The number of Topliss-reactive ketones (excluding diaryl/α,β-unsaturated/α-hetero) is 1. The second kappa shape index (κ2) is 7.56. The van der Waals surface area contributed by atoms with Gasteiger partial charge in [-0.05, 0) is 24.5 Å². The molecule has 0 spiro atoms. The van der Waals surface area contributed by atoms with Gasteiger partial charge in [0.05, 0.1) is 20.3 Å². The van der Waals surface area contributed by atoms with Crippen LogP contribution < -0.4 is 4.74 Å². The van der Waals surface area contributed by atoms with Gasteiger partial charge in [0.2, 0.25) is 5.88 Å². The Morgan fingerprint density at radius 2 is 1.85 bits per heavy atom. The van der Waals surface area contributed by atoms with Crippen molar-refractivity contribution in [3.05, 3.63) is 59.8 Å². The molecule has 1 aromatic heterocycles. The molecule has 2 fully saturated rings. The number of hydrogen-bond acceptors (Lipinski definition) is 5. The maximum atomic E-state index is 13.0. The summed E-state index contributed by atoms with van der Waals surface area (Å²) in [6, 6.07) is 16.5. The van der Waals surface area contributed by atoms with E-state index < -0.39 is 0 Å². The fourth-order valence-electron chi connectivity index (χ4n) is 4.13. The standard InChI is InChI=1S/C21H24N2O3/c1-25-20-9-5-8-19(22-20)21(24)16-10-17-13-26-14-18(11-16)23(17)12-15-6-3-2-4-7-15/h2-9,16-18H,10-14H2,1H3.